The van der Waals surface area contributed by atoms with Gasteiger partial charge in [0, 0.05) is 5.02 Å². The summed E-state index contributed by atoms with van der Waals surface area (Å²) < 4.78 is 6.44. The molecule has 134 valence electrons. The van der Waals surface area contributed by atoms with Gasteiger partial charge < -0.3 is 10.1 Å². The van der Waals surface area contributed by atoms with Crippen molar-refractivity contribution in [1.29, 1.82) is 0 Å². The molecular weight excluding hydrogens is 396 g/mol. The molecule has 0 saturated carbocycles. The van der Waals surface area contributed by atoms with Crippen LogP contribution in [0.1, 0.15) is 9.67 Å². The first-order valence-electron chi connectivity index (χ1n) is 7.33. The number of hydrogen-bond acceptors (Lipinski definition) is 7. The molecule has 0 fully saturated rings. The van der Waals surface area contributed by atoms with Gasteiger partial charge in [-0.2, -0.15) is 0 Å². The summed E-state index contributed by atoms with van der Waals surface area (Å²) in [6.07, 6.45) is 1.56. The lowest BCUT2D eigenvalue weighted by molar-refractivity contribution is -0.113. The second-order valence-electron chi connectivity index (χ2n) is 4.96. The molecule has 1 amide bonds. The number of amides is 1. The number of carbonyl (C=O) groups excluding carboxylic acids is 2. The van der Waals surface area contributed by atoms with Crippen molar-refractivity contribution in [1.82, 2.24) is 14.8 Å². The normalized spacial score (nSPS) is 10.5. The van der Waals surface area contributed by atoms with Gasteiger partial charge in [0.15, 0.2) is 5.16 Å². The van der Waals surface area contributed by atoms with Gasteiger partial charge in [-0.1, -0.05) is 29.4 Å². The smallest absolute Gasteiger partial charge is 0.350 e. The highest BCUT2D eigenvalue weighted by atomic mass is 35.5. The predicted molar refractivity (Wildman–Crippen MR) is 101 cm³/mol. The molecule has 0 saturated heterocycles. The van der Waals surface area contributed by atoms with Crippen molar-refractivity contribution in [3.63, 3.8) is 0 Å². The SMILES string of the molecule is COC(=O)c1sccc1NC(=O)CSc1nncn1-c1cccc(Cl)c1. The highest BCUT2D eigenvalue weighted by molar-refractivity contribution is 7.99. The zero-order valence-electron chi connectivity index (χ0n) is 13.5. The largest absolute Gasteiger partial charge is 0.465 e. The number of ether oxygens (including phenoxy) is 1. The lowest BCUT2D eigenvalue weighted by Gasteiger charge is -2.07. The lowest BCUT2D eigenvalue weighted by Crippen LogP contribution is -2.16. The number of carbonyl (C=O) groups is 2. The van der Waals surface area contributed by atoms with Crippen LogP contribution in [0, 0.1) is 0 Å². The van der Waals surface area contributed by atoms with Crippen LogP contribution in [0.5, 0.6) is 0 Å². The number of thioether (sulfide) groups is 1. The summed E-state index contributed by atoms with van der Waals surface area (Å²) in [5, 5.41) is 13.5. The van der Waals surface area contributed by atoms with Gasteiger partial charge in [0.2, 0.25) is 5.91 Å². The van der Waals surface area contributed by atoms with E-state index in [0.29, 0.717) is 20.7 Å². The lowest BCUT2D eigenvalue weighted by atomic mass is 10.3. The first-order valence-corrected chi connectivity index (χ1v) is 9.57. The summed E-state index contributed by atoms with van der Waals surface area (Å²) in [6, 6.07) is 8.91. The summed E-state index contributed by atoms with van der Waals surface area (Å²) in [5.41, 5.74) is 1.24. The Morgan fingerprint density at radius 1 is 1.38 bits per heavy atom. The van der Waals surface area contributed by atoms with Gasteiger partial charge in [-0.15, -0.1) is 21.5 Å². The van der Waals surface area contributed by atoms with E-state index < -0.39 is 5.97 Å². The van der Waals surface area contributed by atoms with Gasteiger partial charge in [0.1, 0.15) is 11.2 Å². The molecule has 3 aromatic rings. The average Bonchev–Trinajstić information content (AvgIpc) is 3.28. The molecule has 2 heterocycles. The number of halogens is 1. The number of esters is 1. The number of hydrogen-bond donors (Lipinski definition) is 1. The molecule has 7 nitrogen and oxygen atoms in total. The van der Waals surface area contributed by atoms with Crippen LogP contribution in [-0.4, -0.2) is 39.5 Å². The molecule has 0 aliphatic heterocycles. The Morgan fingerprint density at radius 2 is 2.23 bits per heavy atom. The van der Waals surface area contributed by atoms with Crippen LogP contribution in [0.15, 0.2) is 47.2 Å². The molecular formula is C16H13ClN4O3S2. The maximum absolute atomic E-state index is 12.2. The molecule has 0 bridgehead atoms. The van der Waals surface area contributed by atoms with E-state index in [2.05, 4.69) is 15.5 Å². The molecule has 26 heavy (non-hydrogen) atoms. The number of thiophene rings is 1. The van der Waals surface area contributed by atoms with Crippen molar-refractivity contribution in [3.05, 3.63) is 51.9 Å². The minimum absolute atomic E-state index is 0.107. The Labute approximate surface area is 162 Å². The molecule has 10 heteroatoms. The third kappa shape index (κ3) is 4.24. The number of benzene rings is 1. The van der Waals surface area contributed by atoms with E-state index in [9.17, 15) is 9.59 Å². The predicted octanol–water partition coefficient (Wildman–Crippen LogP) is 3.50. The molecule has 0 spiro atoms. The van der Waals surface area contributed by atoms with Crippen LogP contribution < -0.4 is 5.32 Å². The van der Waals surface area contributed by atoms with Crippen molar-refractivity contribution in [2.75, 3.05) is 18.2 Å². The molecule has 0 aliphatic rings. The summed E-state index contributed by atoms with van der Waals surface area (Å²) >= 11 is 8.44. The van der Waals surface area contributed by atoms with E-state index in [1.54, 1.807) is 34.5 Å². The van der Waals surface area contributed by atoms with Crippen molar-refractivity contribution in [2.45, 2.75) is 5.16 Å². The van der Waals surface area contributed by atoms with Crippen LogP contribution in [-0.2, 0) is 9.53 Å². The molecule has 3 rings (SSSR count). The average molecular weight is 409 g/mol. The molecule has 0 atom stereocenters. The summed E-state index contributed by atoms with van der Waals surface area (Å²) in [6.45, 7) is 0. The Morgan fingerprint density at radius 3 is 3.00 bits per heavy atom. The number of rotatable bonds is 6. The van der Waals surface area contributed by atoms with Crippen LogP contribution >= 0.6 is 34.7 Å². The van der Waals surface area contributed by atoms with Crippen molar-refractivity contribution in [2.24, 2.45) is 0 Å². The highest BCUT2D eigenvalue weighted by Gasteiger charge is 2.16. The first kappa shape index (κ1) is 18.4. The zero-order valence-corrected chi connectivity index (χ0v) is 15.9. The molecule has 0 aliphatic carbocycles. The maximum atomic E-state index is 12.2. The number of nitrogens with one attached hydrogen (secondary N) is 1. The Balaban J connectivity index is 1.65. The van der Waals surface area contributed by atoms with Crippen molar-refractivity contribution < 1.29 is 14.3 Å². The molecule has 1 aromatic carbocycles. The first-order chi connectivity index (χ1) is 12.6. The van der Waals surface area contributed by atoms with Crippen LogP contribution in [0.3, 0.4) is 0 Å². The fraction of sp³-hybridized carbons (Fsp3) is 0.125. The number of nitrogens with zero attached hydrogens (tertiary/aromatic N) is 3. The van der Waals surface area contributed by atoms with Gasteiger partial charge in [-0.3, -0.25) is 9.36 Å². The fourth-order valence-electron chi connectivity index (χ4n) is 2.10. The fourth-order valence-corrected chi connectivity index (χ4v) is 3.78. The number of aromatic nitrogens is 3. The van der Waals surface area contributed by atoms with E-state index in [1.807, 2.05) is 12.1 Å². The van der Waals surface area contributed by atoms with E-state index in [1.165, 1.54) is 30.2 Å². The van der Waals surface area contributed by atoms with Gasteiger partial charge in [-0.05, 0) is 29.6 Å². The Kier molecular flexibility index (Phi) is 5.92. The van der Waals surface area contributed by atoms with Gasteiger partial charge >= 0.3 is 5.97 Å². The monoisotopic (exact) mass is 408 g/mol. The van der Waals surface area contributed by atoms with E-state index >= 15 is 0 Å². The Hall–Kier alpha value is -2.36. The standard InChI is InChI=1S/C16H13ClN4O3S2/c1-24-15(23)14-12(5-6-25-14)19-13(22)8-26-16-20-18-9-21(16)11-4-2-3-10(17)7-11/h2-7,9H,8H2,1H3,(H,19,22). The second-order valence-corrected chi connectivity index (χ2v) is 7.25. The number of anilines is 1. The molecule has 0 radical (unpaired) electrons. The van der Waals surface area contributed by atoms with E-state index in [-0.39, 0.29) is 11.7 Å². The zero-order chi connectivity index (χ0) is 18.5. The van der Waals surface area contributed by atoms with Crippen LogP contribution in [0.25, 0.3) is 5.69 Å². The van der Waals surface area contributed by atoms with Crippen LogP contribution in [0.2, 0.25) is 5.02 Å². The summed E-state index contributed by atoms with van der Waals surface area (Å²) in [4.78, 5) is 24.2. The van der Waals surface area contributed by atoms with Crippen molar-refractivity contribution in [3.8, 4) is 5.69 Å². The highest BCUT2D eigenvalue weighted by Crippen LogP contribution is 2.25. The van der Waals surface area contributed by atoms with Crippen molar-refractivity contribution >= 4 is 52.3 Å². The van der Waals surface area contributed by atoms with E-state index in [4.69, 9.17) is 16.3 Å². The summed E-state index contributed by atoms with van der Waals surface area (Å²) in [7, 11) is 1.30. The van der Waals surface area contributed by atoms with Gasteiger partial charge in [0.05, 0.1) is 24.2 Å². The molecule has 2 aromatic heterocycles. The van der Waals surface area contributed by atoms with E-state index in [0.717, 1.165) is 5.69 Å². The third-order valence-electron chi connectivity index (χ3n) is 3.25. The van der Waals surface area contributed by atoms with Crippen LogP contribution in [0.4, 0.5) is 5.69 Å². The minimum atomic E-state index is -0.483. The maximum Gasteiger partial charge on any atom is 0.350 e. The summed E-state index contributed by atoms with van der Waals surface area (Å²) in [5.74, 6) is -0.640. The topological polar surface area (TPSA) is 86.1 Å². The van der Waals surface area contributed by atoms with Gasteiger partial charge in [0.25, 0.3) is 0 Å². The molecule has 0 unspecified atom stereocenters. The van der Waals surface area contributed by atoms with Gasteiger partial charge in [-0.25, -0.2) is 4.79 Å². The molecule has 1 N–H and O–H groups in total. The quantitative estimate of drug-likeness (QED) is 0.496. The number of methoxy groups -OCH3 is 1. The Bertz CT molecular complexity index is 941. The third-order valence-corrected chi connectivity index (χ3v) is 5.32. The minimum Gasteiger partial charge on any atom is -0.465 e. The second kappa shape index (κ2) is 8.35.